The molecule has 0 fully saturated rings. The molecule has 1 N–H and O–H groups in total. The lowest BCUT2D eigenvalue weighted by Gasteiger charge is -2.15. The summed E-state index contributed by atoms with van der Waals surface area (Å²) in [5.41, 5.74) is -3.16. The van der Waals surface area contributed by atoms with Gasteiger partial charge in [-0.2, -0.15) is 26.3 Å². The van der Waals surface area contributed by atoms with Crippen molar-refractivity contribution in [2.45, 2.75) is 30.7 Å². The molecule has 164 valence electrons. The maximum Gasteiger partial charge on any atom is 0.416 e. The van der Waals surface area contributed by atoms with Crippen molar-refractivity contribution in [3.8, 4) is 0 Å². The van der Waals surface area contributed by atoms with Crippen LogP contribution in [0.3, 0.4) is 0 Å². The first-order chi connectivity index (χ1) is 13.6. The van der Waals surface area contributed by atoms with Crippen LogP contribution in [0.1, 0.15) is 34.0 Å². The SMILES string of the molecule is CCS(=O)(=O)c1ccc(C(F)(F)F)cc1CNC(=O)c1cc(Cl)cc(C(F)(F)F)c1. The number of halogens is 7. The van der Waals surface area contributed by atoms with E-state index in [1.54, 1.807) is 0 Å². The Labute approximate surface area is 172 Å². The minimum Gasteiger partial charge on any atom is -0.348 e. The molecule has 30 heavy (non-hydrogen) atoms. The Morgan fingerprint density at radius 3 is 2.10 bits per heavy atom. The van der Waals surface area contributed by atoms with Crippen LogP contribution in [0.4, 0.5) is 26.3 Å². The highest BCUT2D eigenvalue weighted by Crippen LogP contribution is 2.33. The van der Waals surface area contributed by atoms with E-state index >= 15 is 0 Å². The molecule has 2 rings (SSSR count). The lowest BCUT2D eigenvalue weighted by molar-refractivity contribution is -0.138. The molecular formula is C18H14ClF6NO3S. The number of hydrogen-bond donors (Lipinski definition) is 1. The van der Waals surface area contributed by atoms with Gasteiger partial charge in [0.05, 0.1) is 21.8 Å². The predicted octanol–water partition coefficient (Wildman–Crippen LogP) is 5.10. The number of nitrogens with one attached hydrogen (secondary N) is 1. The fourth-order valence-corrected chi connectivity index (χ4v) is 3.87. The maximum absolute atomic E-state index is 13.0. The highest BCUT2D eigenvalue weighted by molar-refractivity contribution is 7.91. The number of hydrogen-bond acceptors (Lipinski definition) is 3. The number of carbonyl (C=O) groups excluding carboxylic acids is 1. The number of sulfone groups is 1. The largest absolute Gasteiger partial charge is 0.416 e. The van der Waals surface area contributed by atoms with Crippen LogP contribution in [0, 0.1) is 0 Å². The first-order valence-corrected chi connectivity index (χ1v) is 10.3. The second kappa shape index (κ2) is 8.46. The summed E-state index contributed by atoms with van der Waals surface area (Å²) in [4.78, 5) is 11.8. The third kappa shape index (κ3) is 5.66. The van der Waals surface area contributed by atoms with Gasteiger partial charge in [-0.1, -0.05) is 18.5 Å². The summed E-state index contributed by atoms with van der Waals surface area (Å²) in [5, 5.41) is 1.77. The van der Waals surface area contributed by atoms with Gasteiger partial charge in [-0.3, -0.25) is 4.79 Å². The van der Waals surface area contributed by atoms with E-state index < -0.39 is 62.0 Å². The summed E-state index contributed by atoms with van der Waals surface area (Å²) in [5.74, 6) is -1.47. The van der Waals surface area contributed by atoms with Crippen LogP contribution in [0.2, 0.25) is 5.02 Å². The van der Waals surface area contributed by atoms with E-state index in [4.69, 9.17) is 11.6 Å². The third-order valence-corrected chi connectivity index (χ3v) is 6.08. The number of rotatable bonds is 5. The highest BCUT2D eigenvalue weighted by atomic mass is 35.5. The first kappa shape index (κ1) is 24.0. The number of benzene rings is 2. The quantitative estimate of drug-likeness (QED) is 0.614. The second-order valence-electron chi connectivity index (χ2n) is 6.13. The normalized spacial score (nSPS) is 12.7. The molecule has 2 aromatic rings. The topological polar surface area (TPSA) is 63.2 Å². The fraction of sp³-hybridized carbons (Fsp3) is 0.278. The van der Waals surface area contributed by atoms with Crippen molar-refractivity contribution >= 4 is 27.3 Å². The Kier molecular flexibility index (Phi) is 6.77. The summed E-state index contributed by atoms with van der Waals surface area (Å²) in [7, 11) is -3.92. The molecule has 0 aliphatic heterocycles. The van der Waals surface area contributed by atoms with Gasteiger partial charge in [0.25, 0.3) is 5.91 Å². The minimum absolute atomic E-state index is 0.349. The molecule has 1 amide bonds. The van der Waals surface area contributed by atoms with E-state index in [0.717, 1.165) is 12.1 Å². The van der Waals surface area contributed by atoms with Crippen LogP contribution >= 0.6 is 11.6 Å². The molecule has 4 nitrogen and oxygen atoms in total. The van der Waals surface area contributed by atoms with Gasteiger partial charge in [-0.15, -0.1) is 0 Å². The van der Waals surface area contributed by atoms with Crippen molar-refractivity contribution in [3.63, 3.8) is 0 Å². The monoisotopic (exact) mass is 473 g/mol. The van der Waals surface area contributed by atoms with Gasteiger partial charge in [0.1, 0.15) is 0 Å². The van der Waals surface area contributed by atoms with Crippen LogP contribution in [0.15, 0.2) is 41.3 Å². The van der Waals surface area contributed by atoms with E-state index in [2.05, 4.69) is 5.32 Å². The Hall–Kier alpha value is -2.27. The number of amides is 1. The van der Waals surface area contributed by atoms with Crippen molar-refractivity contribution in [1.29, 1.82) is 0 Å². The van der Waals surface area contributed by atoms with Crippen molar-refractivity contribution in [1.82, 2.24) is 5.32 Å². The van der Waals surface area contributed by atoms with Crippen molar-refractivity contribution in [2.75, 3.05) is 5.75 Å². The Bertz CT molecular complexity index is 1060. The standard InChI is InChI=1S/C18H14ClF6NO3S/c1-2-30(28,29)15-4-3-12(17(20,21)22)6-11(15)9-26-16(27)10-5-13(18(23,24)25)8-14(19)7-10/h3-8H,2,9H2,1H3,(H,26,27). The summed E-state index contributed by atoms with van der Waals surface area (Å²) >= 11 is 5.61. The number of carbonyl (C=O) groups is 1. The zero-order chi connectivity index (χ0) is 22.9. The molecule has 0 aliphatic rings. The van der Waals surface area contributed by atoms with Gasteiger partial charge in [-0.25, -0.2) is 8.42 Å². The van der Waals surface area contributed by atoms with E-state index in [1.807, 2.05) is 0 Å². The van der Waals surface area contributed by atoms with Gasteiger partial charge in [0, 0.05) is 17.1 Å². The van der Waals surface area contributed by atoms with E-state index in [1.165, 1.54) is 6.92 Å². The Morgan fingerprint density at radius 1 is 0.967 bits per heavy atom. The Balaban J connectivity index is 2.39. The van der Waals surface area contributed by atoms with Gasteiger partial charge in [-0.05, 0) is 42.0 Å². The number of alkyl halides is 6. The smallest absolute Gasteiger partial charge is 0.348 e. The van der Waals surface area contributed by atoms with Crippen LogP contribution < -0.4 is 5.32 Å². The summed E-state index contributed by atoms with van der Waals surface area (Å²) < 4.78 is 102. The highest BCUT2D eigenvalue weighted by Gasteiger charge is 2.33. The first-order valence-electron chi connectivity index (χ1n) is 8.24. The van der Waals surface area contributed by atoms with Crippen LogP contribution in [-0.2, 0) is 28.7 Å². The molecule has 12 heteroatoms. The molecule has 0 radical (unpaired) electrons. The molecule has 0 heterocycles. The van der Waals surface area contributed by atoms with Gasteiger partial charge in [0.2, 0.25) is 0 Å². The van der Waals surface area contributed by atoms with Gasteiger partial charge in [0.15, 0.2) is 9.84 Å². The summed E-state index contributed by atoms with van der Waals surface area (Å²) in [6, 6.07) is 4.03. The van der Waals surface area contributed by atoms with E-state index in [0.29, 0.717) is 24.3 Å². The molecule has 2 aromatic carbocycles. The van der Waals surface area contributed by atoms with Crippen molar-refractivity contribution in [2.24, 2.45) is 0 Å². The molecule has 0 unspecified atom stereocenters. The molecule has 0 saturated heterocycles. The molecule has 0 spiro atoms. The average molecular weight is 474 g/mol. The zero-order valence-electron chi connectivity index (χ0n) is 15.2. The fourth-order valence-electron chi connectivity index (χ4n) is 2.51. The van der Waals surface area contributed by atoms with Gasteiger partial charge >= 0.3 is 12.4 Å². The lowest BCUT2D eigenvalue weighted by atomic mass is 10.1. The molecule has 0 aliphatic carbocycles. The third-order valence-electron chi connectivity index (χ3n) is 4.03. The van der Waals surface area contributed by atoms with Crippen LogP contribution in [0.25, 0.3) is 0 Å². The maximum atomic E-state index is 13.0. The van der Waals surface area contributed by atoms with Crippen molar-refractivity contribution in [3.05, 3.63) is 63.7 Å². The van der Waals surface area contributed by atoms with Gasteiger partial charge < -0.3 is 5.32 Å². The second-order valence-corrected chi connectivity index (χ2v) is 8.82. The molecule has 0 aromatic heterocycles. The van der Waals surface area contributed by atoms with E-state index in [9.17, 15) is 39.6 Å². The molecule has 0 bridgehead atoms. The van der Waals surface area contributed by atoms with Crippen LogP contribution in [0.5, 0.6) is 0 Å². The lowest BCUT2D eigenvalue weighted by Crippen LogP contribution is -2.25. The minimum atomic E-state index is -4.77. The predicted molar refractivity (Wildman–Crippen MR) is 96.8 cm³/mol. The van der Waals surface area contributed by atoms with Crippen molar-refractivity contribution < 1.29 is 39.6 Å². The van der Waals surface area contributed by atoms with E-state index in [-0.39, 0.29) is 10.6 Å². The molecular weight excluding hydrogens is 460 g/mol. The average Bonchev–Trinajstić information content (AvgIpc) is 2.63. The summed E-state index contributed by atoms with van der Waals surface area (Å²) in [6.07, 6.45) is -9.54. The molecule has 0 saturated carbocycles. The molecule has 0 atom stereocenters. The Morgan fingerprint density at radius 2 is 1.57 bits per heavy atom. The summed E-state index contributed by atoms with van der Waals surface area (Å²) in [6.45, 7) is 0.630. The zero-order valence-corrected chi connectivity index (χ0v) is 16.7. The van der Waals surface area contributed by atoms with Crippen LogP contribution in [-0.4, -0.2) is 20.1 Å².